The molecule has 0 saturated heterocycles. The van der Waals surface area contributed by atoms with Crippen LogP contribution in [0.2, 0.25) is 0 Å². The van der Waals surface area contributed by atoms with E-state index < -0.39 is 0 Å². The summed E-state index contributed by atoms with van der Waals surface area (Å²) in [5.41, 5.74) is 2.09. The number of nitrogens with one attached hydrogen (secondary N) is 1. The third-order valence-corrected chi connectivity index (χ3v) is 4.68. The van der Waals surface area contributed by atoms with Crippen molar-refractivity contribution in [2.75, 3.05) is 13.2 Å². The maximum Gasteiger partial charge on any atom is 0.256 e. The largest absolute Gasteiger partial charge is 0.504 e. The van der Waals surface area contributed by atoms with Crippen molar-refractivity contribution < 1.29 is 14.3 Å². The van der Waals surface area contributed by atoms with E-state index >= 15 is 0 Å². The molecule has 7 heteroatoms. The number of fused-ring (bicyclic) bond motifs is 1. The van der Waals surface area contributed by atoms with Crippen LogP contribution in [0.3, 0.4) is 0 Å². The fraction of sp³-hybridized carbons (Fsp3) is 0.300. The zero-order chi connectivity index (χ0) is 18.8. The van der Waals surface area contributed by atoms with E-state index in [2.05, 4.69) is 14.9 Å². The molecule has 0 saturated carbocycles. The van der Waals surface area contributed by atoms with Gasteiger partial charge in [0, 0.05) is 31.6 Å². The second-order valence-electron chi connectivity index (χ2n) is 6.47. The summed E-state index contributed by atoms with van der Waals surface area (Å²) in [5, 5.41) is 10.4. The van der Waals surface area contributed by atoms with Crippen LogP contribution in [0.5, 0.6) is 11.5 Å². The Hall–Kier alpha value is -3.06. The minimum absolute atomic E-state index is 0.150. The molecule has 0 bridgehead atoms. The summed E-state index contributed by atoms with van der Waals surface area (Å²) in [5.74, 6) is 1.65. The van der Waals surface area contributed by atoms with Gasteiger partial charge >= 0.3 is 0 Å². The molecule has 2 aromatic heterocycles. The Kier molecular flexibility index (Phi) is 4.68. The molecule has 3 heterocycles. The van der Waals surface area contributed by atoms with Gasteiger partial charge in [0.2, 0.25) is 0 Å². The number of aromatic hydroxyl groups is 1. The molecule has 0 spiro atoms. The van der Waals surface area contributed by atoms with Crippen LogP contribution < -0.4 is 10.3 Å². The molecule has 140 valence electrons. The van der Waals surface area contributed by atoms with Crippen LogP contribution in [0, 0.1) is 0 Å². The summed E-state index contributed by atoms with van der Waals surface area (Å²) in [6.07, 6.45) is 2.22. The van der Waals surface area contributed by atoms with E-state index in [1.165, 1.54) is 0 Å². The molecule has 1 aliphatic heterocycles. The average molecular weight is 367 g/mol. The lowest BCUT2D eigenvalue weighted by molar-refractivity contribution is 0.237. The number of aromatic nitrogens is 2. The van der Waals surface area contributed by atoms with Crippen molar-refractivity contribution in [3.63, 3.8) is 0 Å². The van der Waals surface area contributed by atoms with Crippen LogP contribution in [-0.2, 0) is 19.5 Å². The lowest BCUT2D eigenvalue weighted by Crippen LogP contribution is -2.35. The van der Waals surface area contributed by atoms with Gasteiger partial charge in [-0.3, -0.25) is 9.69 Å². The van der Waals surface area contributed by atoms with Gasteiger partial charge in [0.1, 0.15) is 0 Å². The zero-order valence-electron chi connectivity index (χ0n) is 15.1. The molecule has 27 heavy (non-hydrogen) atoms. The van der Waals surface area contributed by atoms with Gasteiger partial charge in [-0.05, 0) is 25.1 Å². The molecule has 0 radical (unpaired) electrons. The standard InChI is InChI=1S/C20H21N3O4/c1-2-26-16-6-3-5-13(18(16)24)11-23-9-8-15-14(12-23)20(25)22-19(21-15)17-7-4-10-27-17/h3-7,10,24H,2,8-9,11-12H2,1H3,(H,21,22,25). The first kappa shape index (κ1) is 17.4. The van der Waals surface area contributed by atoms with E-state index in [1.54, 1.807) is 24.5 Å². The number of aromatic amines is 1. The first-order valence-corrected chi connectivity index (χ1v) is 8.97. The number of benzene rings is 1. The van der Waals surface area contributed by atoms with Crippen molar-refractivity contribution in [3.8, 4) is 23.1 Å². The lowest BCUT2D eigenvalue weighted by Gasteiger charge is -2.28. The summed E-state index contributed by atoms with van der Waals surface area (Å²) < 4.78 is 10.8. The normalized spacial score (nSPS) is 14.1. The first-order chi connectivity index (χ1) is 13.2. The van der Waals surface area contributed by atoms with Gasteiger partial charge in [-0.15, -0.1) is 0 Å². The van der Waals surface area contributed by atoms with E-state index in [9.17, 15) is 9.90 Å². The molecule has 1 aromatic carbocycles. The Labute approximate surface area is 156 Å². The molecular weight excluding hydrogens is 346 g/mol. The van der Waals surface area contributed by atoms with Gasteiger partial charge in [-0.25, -0.2) is 4.98 Å². The van der Waals surface area contributed by atoms with Gasteiger partial charge in [0.25, 0.3) is 5.56 Å². The van der Waals surface area contributed by atoms with Crippen molar-refractivity contribution >= 4 is 0 Å². The van der Waals surface area contributed by atoms with E-state index in [1.807, 2.05) is 19.1 Å². The molecule has 0 aliphatic carbocycles. The van der Waals surface area contributed by atoms with Crippen LogP contribution in [-0.4, -0.2) is 33.1 Å². The Morgan fingerprint density at radius 1 is 1.33 bits per heavy atom. The summed E-state index contributed by atoms with van der Waals surface area (Å²) in [6.45, 7) is 4.14. The molecule has 0 fully saturated rings. The number of hydrogen-bond acceptors (Lipinski definition) is 6. The Bertz CT molecular complexity index is 995. The maximum absolute atomic E-state index is 12.6. The second kappa shape index (κ2) is 7.28. The fourth-order valence-corrected chi connectivity index (χ4v) is 3.35. The van der Waals surface area contributed by atoms with Gasteiger partial charge in [0.05, 0.1) is 24.1 Å². The topological polar surface area (TPSA) is 91.6 Å². The van der Waals surface area contributed by atoms with Crippen molar-refractivity contribution in [2.24, 2.45) is 0 Å². The third-order valence-electron chi connectivity index (χ3n) is 4.68. The molecule has 4 rings (SSSR count). The number of H-pyrrole nitrogens is 1. The van der Waals surface area contributed by atoms with Gasteiger partial charge in [-0.1, -0.05) is 12.1 Å². The van der Waals surface area contributed by atoms with Crippen molar-refractivity contribution in [2.45, 2.75) is 26.4 Å². The monoisotopic (exact) mass is 367 g/mol. The number of phenols is 1. The second-order valence-corrected chi connectivity index (χ2v) is 6.47. The third kappa shape index (κ3) is 3.46. The van der Waals surface area contributed by atoms with Gasteiger partial charge in [-0.2, -0.15) is 0 Å². The molecule has 1 aliphatic rings. The maximum atomic E-state index is 12.6. The SMILES string of the molecule is CCOc1cccc(CN2CCc3nc(-c4ccco4)[nH]c(=O)c3C2)c1O. The molecule has 0 unspecified atom stereocenters. The average Bonchev–Trinajstić information content (AvgIpc) is 3.20. The zero-order valence-corrected chi connectivity index (χ0v) is 15.1. The minimum Gasteiger partial charge on any atom is -0.504 e. The first-order valence-electron chi connectivity index (χ1n) is 8.97. The number of furan rings is 1. The van der Waals surface area contributed by atoms with E-state index in [0.29, 0.717) is 49.0 Å². The number of para-hydroxylation sites is 1. The number of nitrogens with zero attached hydrogens (tertiary/aromatic N) is 2. The van der Waals surface area contributed by atoms with Crippen LogP contribution in [0.25, 0.3) is 11.6 Å². The Balaban J connectivity index is 1.56. The summed E-state index contributed by atoms with van der Waals surface area (Å²) in [4.78, 5) is 22.0. The molecule has 0 amide bonds. The highest BCUT2D eigenvalue weighted by Crippen LogP contribution is 2.31. The number of ether oxygens (including phenoxy) is 1. The quantitative estimate of drug-likeness (QED) is 0.720. The minimum atomic E-state index is -0.150. The Morgan fingerprint density at radius 3 is 3.00 bits per heavy atom. The highest BCUT2D eigenvalue weighted by molar-refractivity contribution is 5.47. The number of phenolic OH excluding ortho intramolecular Hbond substituents is 1. The predicted molar refractivity (Wildman–Crippen MR) is 99.7 cm³/mol. The molecule has 3 aromatic rings. The van der Waals surface area contributed by atoms with Crippen LogP contribution in [0.1, 0.15) is 23.7 Å². The van der Waals surface area contributed by atoms with Crippen LogP contribution in [0.4, 0.5) is 0 Å². The molecular formula is C20H21N3O4. The number of rotatable bonds is 5. The van der Waals surface area contributed by atoms with Gasteiger partial charge < -0.3 is 19.2 Å². The highest BCUT2D eigenvalue weighted by atomic mass is 16.5. The summed E-state index contributed by atoms with van der Waals surface area (Å²) >= 11 is 0. The smallest absolute Gasteiger partial charge is 0.256 e. The summed E-state index contributed by atoms with van der Waals surface area (Å²) in [7, 11) is 0. The lowest BCUT2D eigenvalue weighted by atomic mass is 10.1. The van der Waals surface area contributed by atoms with E-state index in [4.69, 9.17) is 9.15 Å². The fourth-order valence-electron chi connectivity index (χ4n) is 3.35. The van der Waals surface area contributed by atoms with Crippen LogP contribution in [0.15, 0.2) is 45.8 Å². The van der Waals surface area contributed by atoms with Crippen molar-refractivity contribution in [1.82, 2.24) is 14.9 Å². The van der Waals surface area contributed by atoms with Gasteiger partial charge in [0.15, 0.2) is 23.1 Å². The van der Waals surface area contributed by atoms with E-state index in [-0.39, 0.29) is 11.3 Å². The molecule has 2 N–H and O–H groups in total. The van der Waals surface area contributed by atoms with Crippen molar-refractivity contribution in [3.05, 3.63) is 63.8 Å². The highest BCUT2D eigenvalue weighted by Gasteiger charge is 2.23. The van der Waals surface area contributed by atoms with Crippen molar-refractivity contribution in [1.29, 1.82) is 0 Å². The number of hydrogen-bond donors (Lipinski definition) is 2. The molecule has 0 atom stereocenters. The summed E-state index contributed by atoms with van der Waals surface area (Å²) in [6, 6.07) is 9.02. The Morgan fingerprint density at radius 2 is 2.22 bits per heavy atom. The van der Waals surface area contributed by atoms with E-state index in [0.717, 1.165) is 17.8 Å². The molecule has 7 nitrogen and oxygen atoms in total. The predicted octanol–water partition coefficient (Wildman–Crippen LogP) is 2.69. The van der Waals surface area contributed by atoms with Crippen LogP contribution >= 0.6 is 0 Å².